The van der Waals surface area contributed by atoms with E-state index in [9.17, 15) is 5.26 Å². The highest BCUT2D eigenvalue weighted by molar-refractivity contribution is 7.14. The summed E-state index contributed by atoms with van der Waals surface area (Å²) in [6.07, 6.45) is 2.36. The molecule has 22 heavy (non-hydrogen) atoms. The molecule has 0 aliphatic rings. The van der Waals surface area contributed by atoms with Crippen LogP contribution in [0, 0.1) is 23.7 Å². The first-order valence-electron chi connectivity index (χ1n) is 6.08. The zero-order valence-electron chi connectivity index (χ0n) is 12.0. The van der Waals surface area contributed by atoms with Gasteiger partial charge in [0.05, 0.1) is 10.4 Å². The lowest BCUT2D eigenvalue weighted by atomic mass is 10.0. The van der Waals surface area contributed by atoms with Gasteiger partial charge in [0.25, 0.3) is 0 Å². The van der Waals surface area contributed by atoms with Crippen LogP contribution in [-0.4, -0.2) is 18.6 Å². The monoisotopic (exact) mass is 352 g/mol. The molecule has 0 saturated carbocycles. The first-order valence-corrected chi connectivity index (χ1v) is 8.03. The number of nitrogens with one attached hydrogen (secondary N) is 1. The van der Waals surface area contributed by atoms with Crippen molar-refractivity contribution in [3.63, 3.8) is 0 Å². The molecule has 0 saturated heterocycles. The Kier molecular flexibility index (Phi) is 7.06. The van der Waals surface area contributed by atoms with Crippen molar-refractivity contribution in [1.29, 1.82) is 10.7 Å². The smallest absolute Gasteiger partial charge is 0.143 e. The molecule has 2 rings (SSSR count). The SMILES string of the molecule is CCl.Cc1sc(C(N)=NC=N)c(-c2ccc(Cl)cc2)c1C#N. The third-order valence-corrected chi connectivity index (χ3v) is 4.14. The number of thiophene rings is 1. The fraction of sp³-hybridized carbons (Fsp3) is 0.133. The molecule has 7 heteroatoms. The van der Waals surface area contributed by atoms with E-state index in [-0.39, 0.29) is 5.84 Å². The van der Waals surface area contributed by atoms with E-state index in [1.807, 2.05) is 19.1 Å². The Hall–Kier alpha value is -1.87. The highest BCUT2D eigenvalue weighted by atomic mass is 35.5. The lowest BCUT2D eigenvalue weighted by Crippen LogP contribution is -2.12. The van der Waals surface area contributed by atoms with Gasteiger partial charge in [0, 0.05) is 21.8 Å². The highest BCUT2D eigenvalue weighted by Gasteiger charge is 2.19. The van der Waals surface area contributed by atoms with Crippen LogP contribution in [0.3, 0.4) is 0 Å². The maximum Gasteiger partial charge on any atom is 0.143 e. The number of nitriles is 1. The topological polar surface area (TPSA) is 86.0 Å². The Morgan fingerprint density at radius 2 is 1.95 bits per heavy atom. The molecule has 1 heterocycles. The summed E-state index contributed by atoms with van der Waals surface area (Å²) >= 11 is 11.9. The number of rotatable bonds is 3. The fourth-order valence-electron chi connectivity index (χ4n) is 1.88. The first-order chi connectivity index (χ1) is 10.6. The Morgan fingerprint density at radius 3 is 2.45 bits per heavy atom. The lowest BCUT2D eigenvalue weighted by Gasteiger charge is -2.04. The molecule has 0 bridgehead atoms. The summed E-state index contributed by atoms with van der Waals surface area (Å²) in [6.45, 7) is 1.86. The molecule has 1 aromatic carbocycles. The summed E-state index contributed by atoms with van der Waals surface area (Å²) in [5.41, 5.74) is 8.06. The Balaban J connectivity index is 0.00000116. The summed E-state index contributed by atoms with van der Waals surface area (Å²) in [5, 5.41) is 17.0. The molecule has 0 radical (unpaired) electrons. The molecule has 0 spiro atoms. The van der Waals surface area contributed by atoms with Crippen LogP contribution in [0.1, 0.15) is 15.3 Å². The van der Waals surface area contributed by atoms with Crippen LogP contribution < -0.4 is 5.73 Å². The van der Waals surface area contributed by atoms with Gasteiger partial charge < -0.3 is 5.73 Å². The van der Waals surface area contributed by atoms with Gasteiger partial charge >= 0.3 is 0 Å². The number of alkyl halides is 1. The summed E-state index contributed by atoms with van der Waals surface area (Å²) < 4.78 is 0. The number of nitrogens with zero attached hydrogens (tertiary/aromatic N) is 2. The summed E-state index contributed by atoms with van der Waals surface area (Å²) in [4.78, 5) is 5.37. The van der Waals surface area contributed by atoms with Crippen LogP contribution >= 0.6 is 34.5 Å². The third kappa shape index (κ3) is 3.86. The number of aliphatic imine (C=N–C) groups is 1. The predicted molar refractivity (Wildman–Crippen MR) is 95.5 cm³/mol. The third-order valence-electron chi connectivity index (χ3n) is 2.77. The minimum Gasteiger partial charge on any atom is -0.382 e. The molecule has 1 aromatic heterocycles. The molecule has 2 aromatic rings. The number of hydrogen-bond donors (Lipinski definition) is 2. The van der Waals surface area contributed by atoms with E-state index in [1.54, 1.807) is 12.1 Å². The molecule has 0 amide bonds. The number of halogens is 2. The average molecular weight is 353 g/mol. The average Bonchev–Trinajstić information content (AvgIpc) is 2.87. The van der Waals surface area contributed by atoms with Crippen molar-refractivity contribution in [2.24, 2.45) is 10.7 Å². The van der Waals surface area contributed by atoms with Crippen LogP contribution in [0.25, 0.3) is 11.1 Å². The molecular formula is C15H14Cl2N4S. The lowest BCUT2D eigenvalue weighted by molar-refractivity contribution is 1.46. The van der Waals surface area contributed by atoms with Crippen molar-refractivity contribution in [2.45, 2.75) is 6.92 Å². The van der Waals surface area contributed by atoms with Crippen molar-refractivity contribution in [3.05, 3.63) is 44.6 Å². The number of benzene rings is 1. The molecule has 3 N–H and O–H groups in total. The molecule has 0 aliphatic carbocycles. The first kappa shape index (κ1) is 18.2. The second-order valence-corrected chi connectivity index (χ2v) is 5.66. The van der Waals surface area contributed by atoms with Crippen LogP contribution in [0.2, 0.25) is 5.02 Å². The van der Waals surface area contributed by atoms with Gasteiger partial charge in [-0.1, -0.05) is 23.7 Å². The number of hydrogen-bond acceptors (Lipinski definition) is 3. The van der Waals surface area contributed by atoms with Crippen LogP contribution in [0.15, 0.2) is 29.3 Å². The molecule has 0 fully saturated rings. The summed E-state index contributed by atoms with van der Waals surface area (Å²) in [5.74, 6) is 0.236. The van der Waals surface area contributed by atoms with Crippen molar-refractivity contribution in [1.82, 2.24) is 0 Å². The van der Waals surface area contributed by atoms with Crippen LogP contribution in [0.5, 0.6) is 0 Å². The second kappa shape index (κ2) is 8.54. The van der Waals surface area contributed by atoms with Gasteiger partial charge in [0.15, 0.2) is 0 Å². The van der Waals surface area contributed by atoms with Crippen molar-refractivity contribution in [3.8, 4) is 17.2 Å². The molecule has 0 unspecified atom stereocenters. The van der Waals surface area contributed by atoms with Gasteiger partial charge in [0.2, 0.25) is 0 Å². The van der Waals surface area contributed by atoms with Crippen molar-refractivity contribution >= 4 is 46.7 Å². The Labute approximate surface area is 143 Å². The number of nitrogens with two attached hydrogens (primary N) is 1. The quantitative estimate of drug-likeness (QED) is 0.486. The van der Waals surface area contributed by atoms with Gasteiger partial charge in [-0.3, -0.25) is 5.41 Å². The van der Waals surface area contributed by atoms with Gasteiger partial charge in [-0.2, -0.15) is 5.26 Å². The standard InChI is InChI=1S/C14H11ClN4S.CH3Cl/c1-8-11(6-16)12(9-2-4-10(15)5-3-9)13(20-8)14(18)19-7-17;1-2/h2-5,7H,1H3,(H3,17,18,19);1H3. The minimum atomic E-state index is 0.236. The van der Waals surface area contributed by atoms with E-state index in [1.165, 1.54) is 17.7 Å². The normalized spacial score (nSPS) is 10.4. The largest absolute Gasteiger partial charge is 0.382 e. The number of aryl methyl sites for hydroxylation is 1. The van der Waals surface area contributed by atoms with E-state index in [0.29, 0.717) is 15.5 Å². The van der Waals surface area contributed by atoms with Crippen molar-refractivity contribution < 1.29 is 0 Å². The maximum absolute atomic E-state index is 9.35. The summed E-state index contributed by atoms with van der Waals surface area (Å²) in [6, 6.07) is 9.41. The van der Waals surface area contributed by atoms with E-state index in [0.717, 1.165) is 22.3 Å². The highest BCUT2D eigenvalue weighted by Crippen LogP contribution is 2.36. The zero-order valence-corrected chi connectivity index (χ0v) is 14.4. The second-order valence-electron chi connectivity index (χ2n) is 4.00. The van der Waals surface area contributed by atoms with E-state index >= 15 is 0 Å². The molecule has 0 atom stereocenters. The summed E-state index contributed by atoms with van der Waals surface area (Å²) in [7, 11) is 0. The van der Waals surface area contributed by atoms with Gasteiger partial charge in [-0.05, 0) is 24.6 Å². The van der Waals surface area contributed by atoms with Gasteiger partial charge in [-0.15, -0.1) is 22.9 Å². The van der Waals surface area contributed by atoms with E-state index in [2.05, 4.69) is 22.7 Å². The minimum absolute atomic E-state index is 0.236. The van der Waals surface area contributed by atoms with Crippen molar-refractivity contribution in [2.75, 3.05) is 6.38 Å². The van der Waals surface area contributed by atoms with E-state index in [4.69, 9.17) is 22.7 Å². The zero-order chi connectivity index (χ0) is 16.7. The maximum atomic E-state index is 9.35. The Morgan fingerprint density at radius 1 is 1.36 bits per heavy atom. The fourth-order valence-corrected chi connectivity index (χ4v) is 3.04. The molecule has 4 nitrogen and oxygen atoms in total. The van der Waals surface area contributed by atoms with Crippen LogP contribution in [0.4, 0.5) is 0 Å². The molecule has 114 valence electrons. The molecular weight excluding hydrogens is 339 g/mol. The Bertz CT molecular complexity index is 727. The van der Waals surface area contributed by atoms with Gasteiger partial charge in [0.1, 0.15) is 18.2 Å². The predicted octanol–water partition coefficient (Wildman–Crippen LogP) is 4.42. The molecule has 0 aliphatic heterocycles. The van der Waals surface area contributed by atoms with E-state index < -0.39 is 0 Å². The van der Waals surface area contributed by atoms with Crippen LogP contribution in [-0.2, 0) is 0 Å². The van der Waals surface area contributed by atoms with Gasteiger partial charge in [-0.25, -0.2) is 4.99 Å². The number of amidine groups is 1.